The standard InChI is InChI=1S/C8H11NS3/c10-8-6-7(11-12-8)9-4-2-1-3-5-9/h6H,1-5H2. The van der Waals surface area contributed by atoms with Gasteiger partial charge in [-0.1, -0.05) is 32.9 Å². The fourth-order valence-electron chi connectivity index (χ4n) is 1.49. The van der Waals surface area contributed by atoms with E-state index in [4.69, 9.17) is 12.2 Å². The van der Waals surface area contributed by atoms with Gasteiger partial charge in [-0.15, -0.1) is 0 Å². The molecular formula is C8H11NS3. The molecule has 1 aliphatic heterocycles. The van der Waals surface area contributed by atoms with Crippen molar-refractivity contribution in [3.63, 3.8) is 0 Å². The van der Waals surface area contributed by atoms with Crippen LogP contribution in [0.5, 0.6) is 0 Å². The van der Waals surface area contributed by atoms with Crippen molar-refractivity contribution in [3.8, 4) is 0 Å². The van der Waals surface area contributed by atoms with Gasteiger partial charge < -0.3 is 4.90 Å². The van der Waals surface area contributed by atoms with E-state index in [0.29, 0.717) is 0 Å². The Kier molecular flexibility index (Phi) is 2.78. The molecule has 12 heavy (non-hydrogen) atoms. The smallest absolute Gasteiger partial charge is 0.104 e. The second-order valence-corrected chi connectivity index (χ2v) is 5.91. The van der Waals surface area contributed by atoms with E-state index in [1.165, 1.54) is 37.4 Å². The molecule has 0 unspecified atom stereocenters. The number of anilines is 1. The summed E-state index contributed by atoms with van der Waals surface area (Å²) in [5.41, 5.74) is 0. The highest BCUT2D eigenvalue weighted by molar-refractivity contribution is 7.80. The van der Waals surface area contributed by atoms with Crippen LogP contribution in [0.1, 0.15) is 19.3 Å². The van der Waals surface area contributed by atoms with Crippen LogP contribution in [0.2, 0.25) is 0 Å². The molecule has 0 N–H and O–H groups in total. The predicted octanol–water partition coefficient (Wildman–Crippen LogP) is 3.53. The van der Waals surface area contributed by atoms with Crippen LogP contribution in [0.25, 0.3) is 0 Å². The molecule has 4 heteroatoms. The zero-order valence-corrected chi connectivity index (χ0v) is 9.23. The molecule has 1 aromatic heterocycles. The molecule has 0 saturated carbocycles. The molecule has 2 rings (SSSR count). The molecule has 1 aromatic rings. The van der Waals surface area contributed by atoms with E-state index >= 15 is 0 Å². The van der Waals surface area contributed by atoms with Gasteiger partial charge >= 0.3 is 0 Å². The molecule has 1 nitrogen and oxygen atoms in total. The number of piperidine rings is 1. The Labute approximate surface area is 85.0 Å². The van der Waals surface area contributed by atoms with Crippen molar-refractivity contribution < 1.29 is 0 Å². The third-order valence-electron chi connectivity index (χ3n) is 2.12. The van der Waals surface area contributed by atoms with Crippen LogP contribution in [0.3, 0.4) is 0 Å². The lowest BCUT2D eigenvalue weighted by Crippen LogP contribution is -2.28. The van der Waals surface area contributed by atoms with E-state index in [1.54, 1.807) is 10.3 Å². The Balaban J connectivity index is 2.13. The monoisotopic (exact) mass is 217 g/mol. The van der Waals surface area contributed by atoms with E-state index < -0.39 is 0 Å². The topological polar surface area (TPSA) is 3.24 Å². The van der Waals surface area contributed by atoms with Crippen molar-refractivity contribution in [2.24, 2.45) is 0 Å². The van der Waals surface area contributed by atoms with Gasteiger partial charge in [-0.25, -0.2) is 0 Å². The fraction of sp³-hybridized carbons (Fsp3) is 0.625. The van der Waals surface area contributed by atoms with E-state index in [0.717, 1.165) is 3.82 Å². The maximum Gasteiger partial charge on any atom is 0.104 e. The molecule has 0 spiro atoms. The second kappa shape index (κ2) is 3.85. The Morgan fingerprint density at radius 1 is 1.17 bits per heavy atom. The summed E-state index contributed by atoms with van der Waals surface area (Å²) in [4.78, 5) is 2.46. The first-order valence-corrected chi connectivity index (χ1v) is 6.77. The molecule has 0 aliphatic carbocycles. The van der Waals surface area contributed by atoms with E-state index in [-0.39, 0.29) is 0 Å². The molecule has 0 aromatic carbocycles. The van der Waals surface area contributed by atoms with Gasteiger partial charge in [0.2, 0.25) is 0 Å². The molecule has 0 amide bonds. The van der Waals surface area contributed by atoms with Gasteiger partial charge in [-0.3, -0.25) is 0 Å². The second-order valence-electron chi connectivity index (χ2n) is 3.02. The van der Waals surface area contributed by atoms with Crippen LogP contribution in [-0.2, 0) is 0 Å². The third-order valence-corrected chi connectivity index (χ3v) is 5.02. The minimum Gasteiger partial charge on any atom is -0.363 e. The summed E-state index contributed by atoms with van der Waals surface area (Å²) < 4.78 is 1.03. The SMILES string of the molecule is S=c1cc(N2CCCCC2)ss1. The number of hydrogen-bond acceptors (Lipinski definition) is 4. The first-order chi connectivity index (χ1) is 5.86. The summed E-state index contributed by atoms with van der Waals surface area (Å²) in [5.74, 6) is 0. The van der Waals surface area contributed by atoms with Crippen LogP contribution in [0.4, 0.5) is 5.00 Å². The molecule has 66 valence electrons. The number of hydrogen-bond donors (Lipinski definition) is 0. The van der Waals surface area contributed by atoms with Crippen molar-refractivity contribution in [2.45, 2.75) is 19.3 Å². The molecule has 1 fully saturated rings. The van der Waals surface area contributed by atoms with Crippen molar-refractivity contribution in [1.82, 2.24) is 0 Å². The van der Waals surface area contributed by atoms with E-state index in [9.17, 15) is 0 Å². The highest BCUT2D eigenvalue weighted by atomic mass is 32.9. The fourth-order valence-corrected chi connectivity index (χ4v) is 3.95. The summed E-state index contributed by atoms with van der Waals surface area (Å²) in [7, 11) is 3.53. The number of rotatable bonds is 1. The Bertz CT molecular complexity index is 295. The van der Waals surface area contributed by atoms with E-state index in [1.807, 2.05) is 10.3 Å². The summed E-state index contributed by atoms with van der Waals surface area (Å²) in [6.07, 6.45) is 4.08. The molecular weight excluding hydrogens is 206 g/mol. The van der Waals surface area contributed by atoms with Gasteiger partial charge in [0.25, 0.3) is 0 Å². The Hall–Kier alpha value is 0.0700. The summed E-state index contributed by atoms with van der Waals surface area (Å²) in [6, 6.07) is 2.13. The van der Waals surface area contributed by atoms with Crippen molar-refractivity contribution in [2.75, 3.05) is 18.0 Å². The minimum atomic E-state index is 1.03. The maximum atomic E-state index is 5.10. The van der Waals surface area contributed by atoms with E-state index in [2.05, 4.69) is 11.0 Å². The average Bonchev–Trinajstić information content (AvgIpc) is 2.54. The minimum absolute atomic E-state index is 1.03. The van der Waals surface area contributed by atoms with Crippen LogP contribution < -0.4 is 4.90 Å². The zero-order valence-electron chi connectivity index (χ0n) is 6.78. The van der Waals surface area contributed by atoms with Crippen LogP contribution in [0.15, 0.2) is 6.07 Å². The normalized spacial score (nSPS) is 18.2. The maximum absolute atomic E-state index is 5.10. The summed E-state index contributed by atoms with van der Waals surface area (Å²) in [6.45, 7) is 2.45. The van der Waals surface area contributed by atoms with Crippen LogP contribution in [-0.4, -0.2) is 13.1 Å². The largest absolute Gasteiger partial charge is 0.363 e. The van der Waals surface area contributed by atoms with Gasteiger partial charge in [-0.05, 0) is 19.3 Å². The first kappa shape index (κ1) is 8.66. The molecule has 0 radical (unpaired) electrons. The van der Waals surface area contributed by atoms with Crippen molar-refractivity contribution in [1.29, 1.82) is 0 Å². The van der Waals surface area contributed by atoms with Gasteiger partial charge in [0.1, 0.15) is 8.82 Å². The van der Waals surface area contributed by atoms with Gasteiger partial charge in [-0.2, -0.15) is 0 Å². The molecule has 1 saturated heterocycles. The highest BCUT2D eigenvalue weighted by Crippen LogP contribution is 2.29. The van der Waals surface area contributed by atoms with Crippen LogP contribution >= 0.6 is 32.9 Å². The Morgan fingerprint density at radius 2 is 1.92 bits per heavy atom. The Morgan fingerprint density at radius 3 is 2.50 bits per heavy atom. The lowest BCUT2D eigenvalue weighted by molar-refractivity contribution is 0.580. The first-order valence-electron chi connectivity index (χ1n) is 4.21. The predicted molar refractivity (Wildman–Crippen MR) is 59.1 cm³/mol. The van der Waals surface area contributed by atoms with Gasteiger partial charge in [0, 0.05) is 19.2 Å². The van der Waals surface area contributed by atoms with Crippen LogP contribution in [0, 0.1) is 3.82 Å². The lowest BCUT2D eigenvalue weighted by Gasteiger charge is -2.26. The third kappa shape index (κ3) is 1.87. The lowest BCUT2D eigenvalue weighted by atomic mass is 10.1. The number of nitrogens with zero attached hydrogens (tertiary/aromatic N) is 1. The van der Waals surface area contributed by atoms with Crippen molar-refractivity contribution in [3.05, 3.63) is 9.89 Å². The molecule has 0 atom stereocenters. The summed E-state index contributed by atoms with van der Waals surface area (Å²) >= 11 is 5.10. The zero-order chi connectivity index (χ0) is 8.39. The highest BCUT2D eigenvalue weighted by Gasteiger charge is 2.11. The molecule has 1 aliphatic rings. The van der Waals surface area contributed by atoms with Gasteiger partial charge in [0.05, 0.1) is 0 Å². The molecule has 0 bridgehead atoms. The van der Waals surface area contributed by atoms with Crippen molar-refractivity contribution >= 4 is 37.9 Å². The average molecular weight is 217 g/mol. The molecule has 2 heterocycles. The summed E-state index contributed by atoms with van der Waals surface area (Å²) in [5, 5.41) is 1.38. The van der Waals surface area contributed by atoms with Gasteiger partial charge in [0.15, 0.2) is 0 Å². The quantitative estimate of drug-likeness (QED) is 0.523.